The van der Waals surface area contributed by atoms with Crippen LogP contribution in [-0.2, 0) is 4.74 Å². The van der Waals surface area contributed by atoms with Crippen LogP contribution in [0.2, 0.25) is 0 Å². The molecular weight excluding hydrogens is 370 g/mol. The predicted molar refractivity (Wildman–Crippen MR) is 112 cm³/mol. The number of rotatable bonds is 6. The van der Waals surface area contributed by atoms with Gasteiger partial charge in [-0.3, -0.25) is 0 Å². The summed E-state index contributed by atoms with van der Waals surface area (Å²) in [5.41, 5.74) is 7.88. The molecule has 0 bridgehead atoms. The van der Waals surface area contributed by atoms with E-state index in [1.165, 1.54) is 4.68 Å². The number of pyridine rings is 1. The highest BCUT2D eigenvalue weighted by molar-refractivity contribution is 5.67. The number of nitrogen functional groups attached to an aromatic ring is 1. The summed E-state index contributed by atoms with van der Waals surface area (Å²) >= 11 is 0. The predicted octanol–water partition coefficient (Wildman–Crippen LogP) is 2.61. The number of morpholine rings is 1. The van der Waals surface area contributed by atoms with Crippen LogP contribution in [0, 0.1) is 0 Å². The second-order valence-corrected chi connectivity index (χ2v) is 6.97. The van der Waals surface area contributed by atoms with Crippen molar-refractivity contribution in [2.75, 3.05) is 42.3 Å². The van der Waals surface area contributed by atoms with Crippen molar-refractivity contribution in [2.24, 2.45) is 0 Å². The SMILES string of the molecule is CC(C)Oc1cc(Nc2nc(N)n(-c3ccccn3)n2)ccc1N1CCOCC1. The van der Waals surface area contributed by atoms with E-state index in [9.17, 15) is 0 Å². The highest BCUT2D eigenvalue weighted by Gasteiger charge is 2.18. The standard InChI is InChI=1S/C20H25N7O2/c1-14(2)29-17-13-15(6-7-16(17)26-9-11-28-12-10-26)23-20-24-19(21)27(25-20)18-5-3-4-8-22-18/h3-8,13-14H,9-12H2,1-2H3,(H3,21,23,24,25). The van der Waals surface area contributed by atoms with Gasteiger partial charge >= 0.3 is 0 Å². The maximum absolute atomic E-state index is 6.07. The molecule has 0 radical (unpaired) electrons. The molecule has 152 valence electrons. The van der Waals surface area contributed by atoms with Crippen molar-refractivity contribution in [3.05, 3.63) is 42.6 Å². The molecule has 9 nitrogen and oxygen atoms in total. The van der Waals surface area contributed by atoms with Crippen LogP contribution in [0.5, 0.6) is 5.75 Å². The summed E-state index contributed by atoms with van der Waals surface area (Å²) in [6, 6.07) is 11.5. The van der Waals surface area contributed by atoms with Gasteiger partial charge in [-0.15, -0.1) is 5.10 Å². The zero-order chi connectivity index (χ0) is 20.2. The molecule has 0 aliphatic carbocycles. The Balaban J connectivity index is 1.59. The summed E-state index contributed by atoms with van der Waals surface area (Å²) in [5.74, 6) is 2.07. The third kappa shape index (κ3) is 4.40. The van der Waals surface area contributed by atoms with E-state index >= 15 is 0 Å². The molecule has 0 unspecified atom stereocenters. The first-order chi connectivity index (χ1) is 14.1. The Morgan fingerprint density at radius 1 is 1.17 bits per heavy atom. The van der Waals surface area contributed by atoms with E-state index in [4.69, 9.17) is 15.2 Å². The molecule has 0 spiro atoms. The minimum absolute atomic E-state index is 0.0576. The molecular formula is C20H25N7O2. The summed E-state index contributed by atoms with van der Waals surface area (Å²) in [5, 5.41) is 7.62. The second kappa shape index (κ2) is 8.36. The number of nitrogens with one attached hydrogen (secondary N) is 1. The lowest BCUT2D eigenvalue weighted by molar-refractivity contribution is 0.122. The van der Waals surface area contributed by atoms with Gasteiger partial charge < -0.3 is 25.4 Å². The highest BCUT2D eigenvalue weighted by Crippen LogP contribution is 2.33. The zero-order valence-corrected chi connectivity index (χ0v) is 16.6. The average molecular weight is 395 g/mol. The minimum Gasteiger partial charge on any atom is -0.489 e. The molecule has 0 atom stereocenters. The van der Waals surface area contributed by atoms with Gasteiger partial charge in [-0.2, -0.15) is 9.67 Å². The Bertz CT molecular complexity index is 953. The Morgan fingerprint density at radius 3 is 2.72 bits per heavy atom. The number of anilines is 4. The molecule has 29 heavy (non-hydrogen) atoms. The van der Waals surface area contributed by atoms with E-state index in [2.05, 4.69) is 25.3 Å². The lowest BCUT2D eigenvalue weighted by Gasteiger charge is -2.31. The fourth-order valence-electron chi connectivity index (χ4n) is 3.16. The topological polar surface area (TPSA) is 103 Å². The average Bonchev–Trinajstić information content (AvgIpc) is 3.09. The summed E-state index contributed by atoms with van der Waals surface area (Å²) in [6.45, 7) is 7.14. The number of nitrogens with zero attached hydrogens (tertiary/aromatic N) is 5. The number of aromatic nitrogens is 4. The van der Waals surface area contributed by atoms with E-state index in [0.717, 1.165) is 43.4 Å². The Labute approximate surface area is 169 Å². The van der Waals surface area contributed by atoms with Crippen LogP contribution in [0.3, 0.4) is 0 Å². The molecule has 1 saturated heterocycles. The van der Waals surface area contributed by atoms with Gasteiger partial charge in [-0.05, 0) is 38.1 Å². The van der Waals surface area contributed by atoms with Crippen LogP contribution < -0.4 is 20.7 Å². The molecule has 1 aliphatic heterocycles. The molecule has 3 N–H and O–H groups in total. The fourth-order valence-corrected chi connectivity index (χ4v) is 3.16. The lowest BCUT2D eigenvalue weighted by Crippen LogP contribution is -2.36. The van der Waals surface area contributed by atoms with E-state index in [-0.39, 0.29) is 12.1 Å². The molecule has 1 fully saturated rings. The van der Waals surface area contributed by atoms with Gasteiger partial charge in [0.15, 0.2) is 5.82 Å². The summed E-state index contributed by atoms with van der Waals surface area (Å²) < 4.78 is 13.0. The van der Waals surface area contributed by atoms with Crippen LogP contribution in [-0.4, -0.2) is 52.2 Å². The summed E-state index contributed by atoms with van der Waals surface area (Å²) in [7, 11) is 0. The van der Waals surface area contributed by atoms with Crippen molar-refractivity contribution in [3.8, 4) is 11.6 Å². The summed E-state index contributed by atoms with van der Waals surface area (Å²) in [6.07, 6.45) is 1.74. The third-order valence-corrected chi connectivity index (χ3v) is 4.43. The van der Waals surface area contributed by atoms with Crippen molar-refractivity contribution in [3.63, 3.8) is 0 Å². The Morgan fingerprint density at radius 2 is 2.00 bits per heavy atom. The smallest absolute Gasteiger partial charge is 0.248 e. The number of benzene rings is 1. The fraction of sp³-hybridized carbons (Fsp3) is 0.350. The van der Waals surface area contributed by atoms with Crippen molar-refractivity contribution < 1.29 is 9.47 Å². The number of ether oxygens (including phenoxy) is 2. The van der Waals surface area contributed by atoms with Crippen LogP contribution in [0.15, 0.2) is 42.6 Å². The number of nitrogens with two attached hydrogens (primary N) is 1. The Kier molecular flexibility index (Phi) is 5.48. The highest BCUT2D eigenvalue weighted by atomic mass is 16.5. The van der Waals surface area contributed by atoms with Crippen molar-refractivity contribution in [1.29, 1.82) is 0 Å². The van der Waals surface area contributed by atoms with E-state index < -0.39 is 0 Å². The van der Waals surface area contributed by atoms with E-state index in [1.807, 2.05) is 50.2 Å². The van der Waals surface area contributed by atoms with Gasteiger partial charge in [0.25, 0.3) is 0 Å². The molecule has 0 saturated carbocycles. The molecule has 4 rings (SSSR count). The largest absolute Gasteiger partial charge is 0.489 e. The first-order valence-electron chi connectivity index (χ1n) is 9.64. The monoisotopic (exact) mass is 395 g/mol. The summed E-state index contributed by atoms with van der Waals surface area (Å²) in [4.78, 5) is 10.8. The van der Waals surface area contributed by atoms with Gasteiger partial charge in [0, 0.05) is 31.0 Å². The van der Waals surface area contributed by atoms with Crippen LogP contribution in [0.1, 0.15) is 13.8 Å². The van der Waals surface area contributed by atoms with Gasteiger partial charge in [0.2, 0.25) is 11.9 Å². The van der Waals surface area contributed by atoms with Crippen molar-refractivity contribution >= 4 is 23.3 Å². The van der Waals surface area contributed by atoms with E-state index in [1.54, 1.807) is 6.20 Å². The molecule has 3 aromatic rings. The van der Waals surface area contributed by atoms with Crippen LogP contribution >= 0.6 is 0 Å². The molecule has 1 aromatic carbocycles. The van der Waals surface area contributed by atoms with Crippen molar-refractivity contribution in [1.82, 2.24) is 19.7 Å². The number of hydrogen-bond donors (Lipinski definition) is 2. The van der Waals surface area contributed by atoms with Gasteiger partial charge in [0.1, 0.15) is 5.75 Å². The van der Waals surface area contributed by atoms with Gasteiger partial charge in [-0.25, -0.2) is 4.98 Å². The van der Waals surface area contributed by atoms with Crippen molar-refractivity contribution in [2.45, 2.75) is 20.0 Å². The lowest BCUT2D eigenvalue weighted by atomic mass is 10.2. The number of hydrogen-bond acceptors (Lipinski definition) is 8. The normalized spacial score (nSPS) is 14.2. The molecule has 2 aromatic heterocycles. The van der Waals surface area contributed by atoms with Gasteiger partial charge in [0.05, 0.1) is 25.0 Å². The van der Waals surface area contributed by atoms with Crippen LogP contribution in [0.4, 0.5) is 23.3 Å². The minimum atomic E-state index is 0.0576. The maximum Gasteiger partial charge on any atom is 0.248 e. The Hall–Kier alpha value is -3.33. The third-order valence-electron chi connectivity index (χ3n) is 4.43. The molecule has 0 amide bonds. The first-order valence-corrected chi connectivity index (χ1v) is 9.64. The first kappa shape index (κ1) is 19.0. The molecule has 9 heteroatoms. The van der Waals surface area contributed by atoms with Crippen LogP contribution in [0.25, 0.3) is 5.82 Å². The maximum atomic E-state index is 6.07. The van der Waals surface area contributed by atoms with E-state index in [0.29, 0.717) is 11.8 Å². The second-order valence-electron chi connectivity index (χ2n) is 6.97. The van der Waals surface area contributed by atoms with Gasteiger partial charge in [-0.1, -0.05) is 6.07 Å². The quantitative estimate of drug-likeness (QED) is 0.656. The zero-order valence-electron chi connectivity index (χ0n) is 16.6. The molecule has 3 heterocycles. The molecule has 1 aliphatic rings.